The average molecular weight is 731 g/mol. The minimum Gasteiger partial charge on any atom is -0.376 e. The Kier molecular flexibility index (Phi) is 8.40. The van der Waals surface area contributed by atoms with Crippen LogP contribution in [0.5, 0.6) is 0 Å². The first kappa shape index (κ1) is 34.9. The zero-order valence-corrected chi connectivity index (χ0v) is 32.6. The molecule has 53 heavy (non-hydrogen) atoms. The molecule has 10 aliphatic carbocycles. The van der Waals surface area contributed by atoms with Crippen molar-refractivity contribution < 1.29 is 4.79 Å². The van der Waals surface area contributed by atoms with Gasteiger partial charge in [0.15, 0.2) is 0 Å². The number of nitrogens with two attached hydrogens (primary N) is 2. The minimum atomic E-state index is -0.260. The molecule has 4 unspecified atom stereocenters. The summed E-state index contributed by atoms with van der Waals surface area (Å²) in [5.74, 6) is 3.06. The van der Waals surface area contributed by atoms with E-state index in [2.05, 4.69) is 71.8 Å². The van der Waals surface area contributed by atoms with Crippen LogP contribution in [-0.2, 0) is 15.6 Å². The molecule has 1 amide bonds. The third kappa shape index (κ3) is 5.73. The van der Waals surface area contributed by atoms with Crippen LogP contribution in [0.15, 0.2) is 66.7 Å². The van der Waals surface area contributed by atoms with Crippen LogP contribution < -0.4 is 22.1 Å². The number of benzene rings is 2. The van der Waals surface area contributed by atoms with Gasteiger partial charge in [-0.2, -0.15) is 0 Å². The number of thiocarbonyl (C=S) groups is 1. The Morgan fingerprint density at radius 3 is 1.72 bits per heavy atom. The highest BCUT2D eigenvalue weighted by Crippen LogP contribution is 2.70. The van der Waals surface area contributed by atoms with Crippen molar-refractivity contribution >= 4 is 23.1 Å². The number of amides is 1. The van der Waals surface area contributed by atoms with Crippen LogP contribution in [0.2, 0.25) is 0 Å². The molecule has 10 saturated carbocycles. The van der Waals surface area contributed by atoms with Gasteiger partial charge in [0.25, 0.3) is 0 Å². The van der Waals surface area contributed by atoms with Gasteiger partial charge in [0, 0.05) is 29.6 Å². The first-order valence-electron chi connectivity index (χ1n) is 21.5. The van der Waals surface area contributed by atoms with Gasteiger partial charge in [-0.25, -0.2) is 0 Å². The highest BCUT2D eigenvalue weighted by molar-refractivity contribution is 7.80. The topological polar surface area (TPSA) is 93.2 Å². The molecule has 0 heterocycles. The van der Waals surface area contributed by atoms with Crippen molar-refractivity contribution in [2.75, 3.05) is 0 Å². The highest BCUT2D eigenvalue weighted by atomic mass is 32.1. The molecule has 5 nitrogen and oxygen atoms in total. The van der Waals surface area contributed by atoms with Gasteiger partial charge in [-0.3, -0.25) is 4.79 Å². The van der Waals surface area contributed by atoms with E-state index in [1.807, 2.05) is 0 Å². The van der Waals surface area contributed by atoms with E-state index in [-0.39, 0.29) is 27.7 Å². The van der Waals surface area contributed by atoms with Gasteiger partial charge >= 0.3 is 0 Å². The zero-order valence-electron chi connectivity index (χ0n) is 31.8. The maximum atomic E-state index is 14.5. The normalized spacial score (nSPS) is 45.2. The van der Waals surface area contributed by atoms with E-state index in [1.54, 1.807) is 0 Å². The van der Waals surface area contributed by atoms with Crippen LogP contribution >= 0.6 is 12.2 Å². The molecule has 0 saturated heterocycles. The predicted octanol–water partition coefficient (Wildman–Crippen LogP) is 8.50. The second-order valence-corrected chi connectivity index (χ2v) is 20.7. The van der Waals surface area contributed by atoms with Crippen molar-refractivity contribution in [3.05, 3.63) is 83.4 Å². The number of carbonyl (C=O) groups excluding carboxylic acids is 1. The molecule has 6 heteroatoms. The molecule has 282 valence electrons. The maximum absolute atomic E-state index is 14.5. The summed E-state index contributed by atoms with van der Waals surface area (Å²) < 4.78 is 0. The van der Waals surface area contributed by atoms with E-state index < -0.39 is 0 Å². The molecular formula is C47H62N4OS. The Balaban J connectivity index is 0.911. The monoisotopic (exact) mass is 730 g/mol. The quantitative estimate of drug-likeness (QED) is 0.170. The lowest BCUT2D eigenvalue weighted by molar-refractivity contribution is -0.152. The molecule has 12 rings (SSSR count). The molecule has 6 N–H and O–H groups in total. The summed E-state index contributed by atoms with van der Waals surface area (Å²) in [6.45, 7) is 4.68. The second-order valence-electron chi connectivity index (χ2n) is 20.3. The van der Waals surface area contributed by atoms with Crippen molar-refractivity contribution in [2.24, 2.45) is 46.0 Å². The highest BCUT2D eigenvalue weighted by Gasteiger charge is 2.65. The standard InChI is InChI=1S/C47H62N4OS/c1-29-31-19-44(20-32(29)22-47(21-31,28-44)43(53)51-40-17-13-38(49)14-18-40)36-9-7-30(8-10-36)41-33-23-45(35-5-3-2-4-6-35)24-34(41)26-46(25-33,27-45)42(52)50-39-15-11-37(48)12-16-39/h2-10,31-34,37-41H,1,11-28,48-49H2,(H,50,52)(H,51,53)/t31?,32?,33?,34?,37-,38-,39-,40-,41?,44?,45?,46?,47?. The molecule has 0 aliphatic heterocycles. The van der Waals surface area contributed by atoms with E-state index in [0.717, 1.165) is 75.6 Å². The number of hydrogen-bond donors (Lipinski definition) is 4. The lowest BCUT2D eigenvalue weighted by Gasteiger charge is -2.64. The summed E-state index contributed by atoms with van der Waals surface area (Å²) in [5.41, 5.74) is 18.6. The lowest BCUT2D eigenvalue weighted by atomic mass is 9.39. The van der Waals surface area contributed by atoms with Gasteiger partial charge < -0.3 is 22.1 Å². The number of hydrogen-bond acceptors (Lipinski definition) is 4. The fourth-order valence-electron chi connectivity index (χ4n) is 14.9. The fourth-order valence-corrected chi connectivity index (χ4v) is 15.4. The summed E-state index contributed by atoms with van der Waals surface area (Å²) >= 11 is 6.38. The van der Waals surface area contributed by atoms with Crippen molar-refractivity contribution in [1.82, 2.24) is 10.6 Å². The van der Waals surface area contributed by atoms with Gasteiger partial charge in [0.2, 0.25) is 5.91 Å². The summed E-state index contributed by atoms with van der Waals surface area (Å²) in [4.78, 5) is 15.6. The average Bonchev–Trinajstić information content (AvgIpc) is 3.15. The summed E-state index contributed by atoms with van der Waals surface area (Å²) in [6.07, 6.45) is 20.0. The largest absolute Gasteiger partial charge is 0.376 e. The van der Waals surface area contributed by atoms with E-state index >= 15 is 0 Å². The van der Waals surface area contributed by atoms with E-state index in [1.165, 1.54) is 67.2 Å². The number of rotatable bonds is 7. The fraction of sp³-hybridized carbons (Fsp3) is 0.660. The zero-order chi connectivity index (χ0) is 36.2. The van der Waals surface area contributed by atoms with Crippen LogP contribution in [0.4, 0.5) is 0 Å². The van der Waals surface area contributed by atoms with Crippen LogP contribution in [0, 0.1) is 34.5 Å². The molecular weight excluding hydrogens is 669 g/mol. The molecule has 2 aromatic carbocycles. The van der Waals surface area contributed by atoms with Crippen molar-refractivity contribution in [3.63, 3.8) is 0 Å². The molecule has 8 bridgehead atoms. The Labute approximate surface area is 323 Å². The number of allylic oxidation sites excluding steroid dienone is 1. The van der Waals surface area contributed by atoms with Crippen LogP contribution in [0.3, 0.4) is 0 Å². The summed E-state index contributed by atoms with van der Waals surface area (Å²) in [6, 6.07) is 22.8. The third-order valence-corrected chi connectivity index (χ3v) is 17.6. The smallest absolute Gasteiger partial charge is 0.226 e. The van der Waals surface area contributed by atoms with Crippen molar-refractivity contribution in [3.8, 4) is 0 Å². The number of nitrogens with one attached hydrogen (secondary N) is 2. The Morgan fingerprint density at radius 2 is 1.13 bits per heavy atom. The van der Waals surface area contributed by atoms with Crippen LogP contribution in [0.25, 0.3) is 0 Å². The molecule has 0 aromatic heterocycles. The van der Waals surface area contributed by atoms with Gasteiger partial charge in [0.05, 0.1) is 10.4 Å². The summed E-state index contributed by atoms with van der Waals surface area (Å²) in [5, 5.41) is 7.53. The van der Waals surface area contributed by atoms with E-state index in [9.17, 15) is 4.79 Å². The molecule has 4 atom stereocenters. The van der Waals surface area contributed by atoms with E-state index in [0.29, 0.717) is 53.6 Å². The predicted molar refractivity (Wildman–Crippen MR) is 217 cm³/mol. The van der Waals surface area contributed by atoms with Crippen molar-refractivity contribution in [2.45, 2.75) is 156 Å². The Bertz CT molecular complexity index is 1720. The molecule has 0 spiro atoms. The van der Waals surface area contributed by atoms with Gasteiger partial charge in [-0.15, -0.1) is 0 Å². The van der Waals surface area contributed by atoms with Crippen LogP contribution in [0.1, 0.15) is 138 Å². The van der Waals surface area contributed by atoms with Crippen molar-refractivity contribution in [1.29, 1.82) is 0 Å². The maximum Gasteiger partial charge on any atom is 0.226 e. The second kappa shape index (κ2) is 12.7. The van der Waals surface area contributed by atoms with Crippen LogP contribution in [-0.4, -0.2) is 35.1 Å². The third-order valence-electron chi connectivity index (χ3n) is 17.0. The SMILES string of the molecule is C=C1C2CC3(C(=S)N[C@H]4CC[C@H](N)CC4)CC1CC(c1ccc(C4C5CC6(C(=O)N[C@H]7CC[C@H](N)CC7)CC4CC(c4ccccc4)(C5)C6)cc1)(C2)C3. The molecule has 0 radical (unpaired) electrons. The molecule has 2 aromatic rings. The molecule has 10 aliphatic rings. The van der Waals surface area contributed by atoms with Gasteiger partial charge in [0.1, 0.15) is 0 Å². The first-order valence-corrected chi connectivity index (χ1v) is 22.0. The lowest BCUT2D eigenvalue weighted by Crippen LogP contribution is -2.62. The number of carbonyl (C=O) groups is 1. The first-order chi connectivity index (χ1) is 25.6. The Morgan fingerprint density at radius 1 is 0.623 bits per heavy atom. The van der Waals surface area contributed by atoms with Gasteiger partial charge in [-0.1, -0.05) is 79.0 Å². The summed E-state index contributed by atoms with van der Waals surface area (Å²) in [7, 11) is 0. The minimum absolute atomic E-state index is 0.0896. The Hall–Kier alpha value is -2.54. The van der Waals surface area contributed by atoms with Gasteiger partial charge in [-0.05, 0) is 173 Å². The molecule has 10 fully saturated rings. The van der Waals surface area contributed by atoms with E-state index in [4.69, 9.17) is 23.7 Å².